The van der Waals surface area contributed by atoms with Crippen molar-refractivity contribution in [3.8, 4) is 0 Å². The van der Waals surface area contributed by atoms with Gasteiger partial charge in [0.25, 0.3) is 0 Å². The van der Waals surface area contributed by atoms with E-state index in [0.717, 1.165) is 24.6 Å². The summed E-state index contributed by atoms with van der Waals surface area (Å²) in [7, 11) is 1.69. The molecule has 0 heterocycles. The Bertz CT molecular complexity index is 279. The normalized spacial score (nSPS) is 10.6. The van der Waals surface area contributed by atoms with Crippen molar-refractivity contribution < 1.29 is 9.13 Å². The van der Waals surface area contributed by atoms with Crippen LogP contribution in [0.5, 0.6) is 0 Å². The van der Waals surface area contributed by atoms with E-state index >= 15 is 0 Å². The van der Waals surface area contributed by atoms with Crippen molar-refractivity contribution in [1.82, 2.24) is 5.32 Å². The first-order chi connectivity index (χ1) is 7.86. The van der Waals surface area contributed by atoms with Crippen LogP contribution in [-0.4, -0.2) is 32.7 Å². The highest BCUT2D eigenvalue weighted by molar-refractivity contribution is 7.99. The van der Waals surface area contributed by atoms with E-state index < -0.39 is 0 Å². The van der Waals surface area contributed by atoms with Crippen LogP contribution in [0.1, 0.15) is 5.56 Å². The van der Waals surface area contributed by atoms with Crippen molar-refractivity contribution >= 4 is 11.8 Å². The Hall–Kier alpha value is -0.580. The van der Waals surface area contributed by atoms with Gasteiger partial charge in [-0.3, -0.25) is 4.39 Å². The number of ether oxygens (including phenoxy) is 1. The molecule has 90 valence electrons. The van der Waals surface area contributed by atoms with Crippen molar-refractivity contribution in [2.24, 2.45) is 0 Å². The molecule has 16 heavy (non-hydrogen) atoms. The number of halogens is 1. The highest BCUT2D eigenvalue weighted by atomic mass is 32.2. The number of nitrogens with one attached hydrogen (secondary N) is 1. The van der Waals surface area contributed by atoms with Crippen LogP contribution in [0.4, 0.5) is 4.39 Å². The Balaban J connectivity index is 2.27. The summed E-state index contributed by atoms with van der Waals surface area (Å²) in [5.74, 6) is 0.533. The van der Waals surface area contributed by atoms with E-state index in [2.05, 4.69) is 17.4 Å². The number of alkyl halides is 1. The number of methoxy groups -OCH3 is 1. The average Bonchev–Trinajstić information content (AvgIpc) is 2.33. The van der Waals surface area contributed by atoms with E-state index in [1.165, 1.54) is 5.56 Å². The molecule has 0 amide bonds. The molecule has 0 spiro atoms. The molecule has 0 fully saturated rings. The van der Waals surface area contributed by atoms with Gasteiger partial charge in [-0.2, -0.15) is 0 Å². The smallest absolute Gasteiger partial charge is 0.0988 e. The lowest BCUT2D eigenvalue weighted by molar-refractivity contribution is 0.199. The molecule has 0 bridgehead atoms. The standard InChI is InChI=1S/C12H18FNOS/c1-15-8-7-14-10-11-2-4-12(5-3-11)16-9-6-13/h2-5,14H,6-10H2,1H3. The molecule has 0 saturated heterocycles. The van der Waals surface area contributed by atoms with Crippen LogP contribution < -0.4 is 5.32 Å². The van der Waals surface area contributed by atoms with E-state index in [1.807, 2.05) is 12.1 Å². The Labute approximate surface area is 101 Å². The summed E-state index contributed by atoms with van der Waals surface area (Å²) in [5.41, 5.74) is 1.24. The molecule has 0 atom stereocenters. The van der Waals surface area contributed by atoms with Gasteiger partial charge < -0.3 is 10.1 Å². The van der Waals surface area contributed by atoms with Gasteiger partial charge in [-0.25, -0.2) is 0 Å². The van der Waals surface area contributed by atoms with Crippen LogP contribution in [0.25, 0.3) is 0 Å². The van der Waals surface area contributed by atoms with Gasteiger partial charge in [-0.15, -0.1) is 11.8 Å². The molecule has 1 N–H and O–H groups in total. The van der Waals surface area contributed by atoms with Gasteiger partial charge in [0.1, 0.15) is 0 Å². The van der Waals surface area contributed by atoms with Gasteiger partial charge in [-0.05, 0) is 17.7 Å². The van der Waals surface area contributed by atoms with Gasteiger partial charge in [-0.1, -0.05) is 12.1 Å². The van der Waals surface area contributed by atoms with E-state index in [9.17, 15) is 4.39 Å². The van der Waals surface area contributed by atoms with Crippen molar-refractivity contribution in [3.63, 3.8) is 0 Å². The fourth-order valence-corrected chi connectivity index (χ4v) is 1.91. The fourth-order valence-electron chi connectivity index (χ4n) is 1.27. The summed E-state index contributed by atoms with van der Waals surface area (Å²) in [6.45, 7) is 2.15. The predicted octanol–water partition coefficient (Wildman–Crippen LogP) is 2.48. The van der Waals surface area contributed by atoms with Crippen LogP contribution in [0.3, 0.4) is 0 Å². The Morgan fingerprint density at radius 3 is 2.69 bits per heavy atom. The first-order valence-electron chi connectivity index (χ1n) is 5.34. The molecule has 1 aromatic rings. The maximum atomic E-state index is 12.0. The van der Waals surface area contributed by atoms with Crippen LogP contribution in [-0.2, 0) is 11.3 Å². The summed E-state index contributed by atoms with van der Waals surface area (Å²) >= 11 is 1.55. The second-order valence-electron chi connectivity index (χ2n) is 3.35. The van der Waals surface area contributed by atoms with Crippen molar-refractivity contribution in [3.05, 3.63) is 29.8 Å². The van der Waals surface area contributed by atoms with Crippen LogP contribution in [0, 0.1) is 0 Å². The van der Waals surface area contributed by atoms with Gasteiger partial charge in [0.2, 0.25) is 0 Å². The molecule has 1 rings (SSSR count). The van der Waals surface area contributed by atoms with Gasteiger partial charge in [0.15, 0.2) is 0 Å². The molecular formula is C12H18FNOS. The minimum atomic E-state index is -0.273. The second-order valence-corrected chi connectivity index (χ2v) is 4.52. The number of hydrogen-bond acceptors (Lipinski definition) is 3. The lowest BCUT2D eigenvalue weighted by Crippen LogP contribution is -2.18. The average molecular weight is 243 g/mol. The van der Waals surface area contributed by atoms with Gasteiger partial charge >= 0.3 is 0 Å². The van der Waals surface area contributed by atoms with Gasteiger partial charge in [0.05, 0.1) is 13.3 Å². The minimum absolute atomic E-state index is 0.273. The summed E-state index contributed by atoms with van der Waals surface area (Å²) in [6.07, 6.45) is 0. The molecule has 1 aromatic carbocycles. The summed E-state index contributed by atoms with van der Waals surface area (Å²) < 4.78 is 16.9. The number of rotatable bonds is 8. The van der Waals surface area contributed by atoms with E-state index in [0.29, 0.717) is 5.75 Å². The zero-order chi connectivity index (χ0) is 11.6. The van der Waals surface area contributed by atoms with Crippen molar-refractivity contribution in [2.45, 2.75) is 11.4 Å². The molecule has 0 unspecified atom stereocenters. The maximum Gasteiger partial charge on any atom is 0.0988 e. The number of benzene rings is 1. The van der Waals surface area contributed by atoms with Crippen molar-refractivity contribution in [1.29, 1.82) is 0 Å². The number of hydrogen-bond donors (Lipinski definition) is 1. The maximum absolute atomic E-state index is 12.0. The molecule has 0 aromatic heterocycles. The lowest BCUT2D eigenvalue weighted by atomic mass is 10.2. The Morgan fingerprint density at radius 2 is 2.06 bits per heavy atom. The first-order valence-corrected chi connectivity index (χ1v) is 6.32. The Kier molecular flexibility index (Phi) is 7.21. The summed E-state index contributed by atoms with van der Waals surface area (Å²) in [5, 5.41) is 3.27. The topological polar surface area (TPSA) is 21.3 Å². The highest BCUT2D eigenvalue weighted by Crippen LogP contribution is 2.17. The van der Waals surface area contributed by atoms with Gasteiger partial charge in [0, 0.05) is 30.8 Å². The molecular weight excluding hydrogens is 225 g/mol. The Morgan fingerprint density at radius 1 is 1.31 bits per heavy atom. The predicted molar refractivity (Wildman–Crippen MR) is 66.7 cm³/mol. The quantitative estimate of drug-likeness (QED) is 0.560. The third-order valence-corrected chi connectivity index (χ3v) is 3.05. The monoisotopic (exact) mass is 243 g/mol. The van der Waals surface area contributed by atoms with E-state index in [-0.39, 0.29) is 6.67 Å². The zero-order valence-electron chi connectivity index (χ0n) is 9.54. The molecule has 0 aliphatic heterocycles. The molecule has 0 saturated carbocycles. The molecule has 0 radical (unpaired) electrons. The largest absolute Gasteiger partial charge is 0.383 e. The summed E-state index contributed by atoms with van der Waals surface area (Å²) in [4.78, 5) is 1.12. The van der Waals surface area contributed by atoms with Crippen LogP contribution in [0.15, 0.2) is 29.2 Å². The minimum Gasteiger partial charge on any atom is -0.383 e. The van der Waals surface area contributed by atoms with E-state index in [1.54, 1.807) is 18.9 Å². The third-order valence-electron chi connectivity index (χ3n) is 2.08. The lowest BCUT2D eigenvalue weighted by Gasteiger charge is -2.05. The summed E-state index contributed by atoms with van der Waals surface area (Å²) in [6, 6.07) is 8.21. The zero-order valence-corrected chi connectivity index (χ0v) is 10.4. The van der Waals surface area contributed by atoms with Crippen LogP contribution >= 0.6 is 11.8 Å². The fraction of sp³-hybridized carbons (Fsp3) is 0.500. The molecule has 4 heteroatoms. The molecule has 2 nitrogen and oxygen atoms in total. The first kappa shape index (κ1) is 13.5. The highest BCUT2D eigenvalue weighted by Gasteiger charge is 1.95. The van der Waals surface area contributed by atoms with Crippen molar-refractivity contribution in [2.75, 3.05) is 32.7 Å². The second kappa shape index (κ2) is 8.56. The molecule has 0 aliphatic rings. The van der Waals surface area contributed by atoms with E-state index in [4.69, 9.17) is 4.74 Å². The van der Waals surface area contributed by atoms with Crippen LogP contribution in [0.2, 0.25) is 0 Å². The SMILES string of the molecule is COCCNCc1ccc(SCCF)cc1. The number of thioether (sulfide) groups is 1. The third kappa shape index (κ3) is 5.49. The molecule has 0 aliphatic carbocycles.